The first-order valence-corrected chi connectivity index (χ1v) is 8.87. The van der Waals surface area contributed by atoms with Gasteiger partial charge in [0.05, 0.1) is 0 Å². The molecule has 0 atom stereocenters. The first-order chi connectivity index (χ1) is 11.9. The highest BCUT2D eigenvalue weighted by Gasteiger charge is 2.39. The minimum absolute atomic E-state index is 0.258. The van der Waals surface area contributed by atoms with Crippen LogP contribution < -0.4 is 10.6 Å². The van der Waals surface area contributed by atoms with Gasteiger partial charge in [0.1, 0.15) is 0 Å². The van der Waals surface area contributed by atoms with Crippen LogP contribution in [0.4, 0.5) is 18.9 Å². The van der Waals surface area contributed by atoms with E-state index in [-0.39, 0.29) is 5.69 Å². The number of amides is 1. The van der Waals surface area contributed by atoms with Crippen LogP contribution in [0.1, 0.15) is 55.6 Å². The highest BCUT2D eigenvalue weighted by molar-refractivity contribution is 5.97. The Morgan fingerprint density at radius 1 is 1.16 bits per heavy atom. The van der Waals surface area contributed by atoms with E-state index in [1.165, 1.54) is 0 Å². The summed E-state index contributed by atoms with van der Waals surface area (Å²) in [7, 11) is 0. The molecule has 136 valence electrons. The molecule has 1 amide bonds. The lowest BCUT2D eigenvalue weighted by Gasteiger charge is -2.25. The van der Waals surface area contributed by atoms with Gasteiger partial charge >= 0.3 is 12.1 Å². The molecule has 0 unspecified atom stereocenters. The van der Waals surface area contributed by atoms with Gasteiger partial charge in [-0.2, -0.15) is 13.2 Å². The van der Waals surface area contributed by atoms with Crippen LogP contribution in [0.25, 0.3) is 5.57 Å². The van der Waals surface area contributed by atoms with E-state index in [1.54, 1.807) is 6.07 Å². The Morgan fingerprint density at radius 3 is 2.56 bits per heavy atom. The van der Waals surface area contributed by atoms with Crippen molar-refractivity contribution in [3.8, 4) is 0 Å². The van der Waals surface area contributed by atoms with Crippen LogP contribution in [0.2, 0.25) is 0 Å². The highest BCUT2D eigenvalue weighted by Crippen LogP contribution is 2.36. The van der Waals surface area contributed by atoms with Crippen LogP contribution in [0.15, 0.2) is 24.3 Å². The molecular weight excluding hydrogens is 329 g/mol. The Hall–Kier alpha value is -1.82. The van der Waals surface area contributed by atoms with Crippen LogP contribution in [0.3, 0.4) is 0 Å². The molecule has 1 saturated heterocycles. The molecule has 6 heteroatoms. The number of halogens is 3. The molecule has 3 rings (SSSR count). The third kappa shape index (κ3) is 4.42. The smallest absolute Gasteiger partial charge is 0.318 e. The first kappa shape index (κ1) is 18.0. The standard InChI is InChI=1S/C19H23F3N2O/c20-19(21,22)18(25)24-17-7-6-15(13-8-10-23-11-9-13)12-16(17)14-4-2-1-3-5-14/h4,6-7,12-13,23H,1-3,5,8-11H2,(H,24,25). The summed E-state index contributed by atoms with van der Waals surface area (Å²) in [5.41, 5.74) is 3.19. The van der Waals surface area contributed by atoms with Gasteiger partial charge in [0.2, 0.25) is 0 Å². The second kappa shape index (κ2) is 7.60. The Labute approximate surface area is 145 Å². The second-order valence-corrected chi connectivity index (χ2v) is 6.76. The van der Waals surface area contributed by atoms with Crippen molar-refractivity contribution in [2.45, 2.75) is 50.6 Å². The van der Waals surface area contributed by atoms with Gasteiger partial charge in [0, 0.05) is 11.3 Å². The number of anilines is 1. The number of carbonyl (C=O) groups excluding carboxylic acids is 1. The molecule has 2 N–H and O–H groups in total. The average molecular weight is 352 g/mol. The molecule has 1 aliphatic carbocycles. The summed E-state index contributed by atoms with van der Waals surface area (Å²) < 4.78 is 37.9. The summed E-state index contributed by atoms with van der Waals surface area (Å²) in [6, 6.07) is 5.47. The van der Waals surface area contributed by atoms with Gasteiger partial charge in [-0.1, -0.05) is 12.1 Å². The van der Waals surface area contributed by atoms with Crippen molar-refractivity contribution >= 4 is 17.2 Å². The molecule has 2 aliphatic rings. The Bertz CT molecular complexity index is 661. The number of alkyl halides is 3. The van der Waals surface area contributed by atoms with Gasteiger partial charge in [-0.15, -0.1) is 0 Å². The second-order valence-electron chi connectivity index (χ2n) is 6.76. The monoisotopic (exact) mass is 352 g/mol. The molecular formula is C19H23F3N2O. The molecule has 3 nitrogen and oxygen atoms in total. The number of benzene rings is 1. The van der Waals surface area contributed by atoms with E-state index in [1.807, 2.05) is 12.1 Å². The minimum atomic E-state index is -4.88. The van der Waals surface area contributed by atoms with Crippen LogP contribution in [-0.2, 0) is 4.79 Å². The van der Waals surface area contributed by atoms with Gasteiger partial charge in [-0.3, -0.25) is 4.79 Å². The molecule has 0 spiro atoms. The van der Waals surface area contributed by atoms with E-state index in [2.05, 4.69) is 16.7 Å². The van der Waals surface area contributed by atoms with Gasteiger partial charge in [-0.25, -0.2) is 0 Å². The SMILES string of the molecule is O=C(Nc1ccc(C2CCNCC2)cc1C1=CCCCC1)C(F)(F)F. The minimum Gasteiger partial charge on any atom is -0.318 e. The van der Waals surface area contributed by atoms with Crippen molar-refractivity contribution in [2.75, 3.05) is 18.4 Å². The molecule has 25 heavy (non-hydrogen) atoms. The predicted octanol–water partition coefficient (Wildman–Crippen LogP) is 4.61. The van der Waals surface area contributed by atoms with Crippen LogP contribution >= 0.6 is 0 Å². The zero-order valence-electron chi connectivity index (χ0n) is 14.1. The molecule has 1 heterocycles. The van der Waals surface area contributed by atoms with Gasteiger partial charge in [0.25, 0.3) is 0 Å². The number of hydrogen-bond donors (Lipinski definition) is 2. The quantitative estimate of drug-likeness (QED) is 0.834. The van der Waals surface area contributed by atoms with Crippen molar-refractivity contribution in [2.24, 2.45) is 0 Å². The maximum Gasteiger partial charge on any atom is 0.471 e. The molecule has 0 aromatic heterocycles. The molecule has 1 fully saturated rings. The largest absolute Gasteiger partial charge is 0.471 e. The Kier molecular flexibility index (Phi) is 5.47. The Balaban J connectivity index is 1.93. The van der Waals surface area contributed by atoms with Crippen molar-refractivity contribution in [1.82, 2.24) is 5.32 Å². The van der Waals surface area contributed by atoms with Crippen LogP contribution in [0, 0.1) is 0 Å². The number of piperidine rings is 1. The predicted molar refractivity (Wildman–Crippen MR) is 92.4 cm³/mol. The molecule has 1 aromatic rings. The van der Waals surface area contributed by atoms with E-state index in [0.29, 0.717) is 5.92 Å². The van der Waals surface area contributed by atoms with Crippen molar-refractivity contribution in [3.05, 3.63) is 35.4 Å². The van der Waals surface area contributed by atoms with Crippen molar-refractivity contribution in [1.29, 1.82) is 0 Å². The van der Waals surface area contributed by atoms with Crippen molar-refractivity contribution in [3.63, 3.8) is 0 Å². The summed E-state index contributed by atoms with van der Waals surface area (Å²) in [6.07, 6.45) is 3.14. The van der Waals surface area contributed by atoms with E-state index in [0.717, 1.165) is 68.3 Å². The summed E-state index contributed by atoms with van der Waals surface area (Å²) in [5, 5.41) is 5.38. The summed E-state index contributed by atoms with van der Waals surface area (Å²) >= 11 is 0. The highest BCUT2D eigenvalue weighted by atomic mass is 19.4. The maximum atomic E-state index is 12.6. The summed E-state index contributed by atoms with van der Waals surface area (Å²) in [4.78, 5) is 11.4. The fourth-order valence-corrected chi connectivity index (χ4v) is 3.62. The number of carbonyl (C=O) groups is 1. The van der Waals surface area contributed by atoms with Gasteiger partial charge < -0.3 is 10.6 Å². The van der Waals surface area contributed by atoms with Gasteiger partial charge in [0.15, 0.2) is 0 Å². The third-order valence-corrected chi connectivity index (χ3v) is 5.00. The lowest BCUT2D eigenvalue weighted by molar-refractivity contribution is -0.167. The maximum absolute atomic E-state index is 12.6. The number of nitrogens with one attached hydrogen (secondary N) is 2. The topological polar surface area (TPSA) is 41.1 Å². The summed E-state index contributed by atoms with van der Waals surface area (Å²) in [6.45, 7) is 1.91. The summed E-state index contributed by atoms with van der Waals surface area (Å²) in [5.74, 6) is -1.50. The zero-order valence-corrected chi connectivity index (χ0v) is 14.1. The zero-order chi connectivity index (χ0) is 17.9. The number of hydrogen-bond acceptors (Lipinski definition) is 2. The van der Waals surface area contributed by atoms with E-state index >= 15 is 0 Å². The fourth-order valence-electron chi connectivity index (χ4n) is 3.62. The van der Waals surface area contributed by atoms with Crippen molar-refractivity contribution < 1.29 is 18.0 Å². The van der Waals surface area contributed by atoms with E-state index < -0.39 is 12.1 Å². The fraction of sp³-hybridized carbons (Fsp3) is 0.526. The molecule has 0 bridgehead atoms. The number of rotatable bonds is 3. The lowest BCUT2D eigenvalue weighted by atomic mass is 9.86. The molecule has 1 aliphatic heterocycles. The lowest BCUT2D eigenvalue weighted by Crippen LogP contribution is -2.30. The average Bonchev–Trinajstić information content (AvgIpc) is 2.62. The van der Waals surface area contributed by atoms with Crippen LogP contribution in [0.5, 0.6) is 0 Å². The van der Waals surface area contributed by atoms with E-state index in [9.17, 15) is 18.0 Å². The normalized spacial score (nSPS) is 19.4. The number of allylic oxidation sites excluding steroid dienone is 2. The first-order valence-electron chi connectivity index (χ1n) is 8.87. The van der Waals surface area contributed by atoms with E-state index in [4.69, 9.17) is 0 Å². The third-order valence-electron chi connectivity index (χ3n) is 5.00. The molecule has 0 saturated carbocycles. The van der Waals surface area contributed by atoms with Crippen LogP contribution in [-0.4, -0.2) is 25.2 Å². The Morgan fingerprint density at radius 2 is 1.92 bits per heavy atom. The molecule has 0 radical (unpaired) electrons. The van der Waals surface area contributed by atoms with Gasteiger partial charge in [-0.05, 0) is 80.8 Å². The molecule has 1 aromatic carbocycles.